The number of methoxy groups -OCH3 is 1. The number of hydrogen-bond donors (Lipinski definition) is 1. The molecule has 0 bridgehead atoms. The van der Waals surface area contributed by atoms with Gasteiger partial charge >= 0.3 is 5.97 Å². The van der Waals surface area contributed by atoms with E-state index in [1.54, 1.807) is 55.5 Å². The quantitative estimate of drug-likeness (QED) is 0.854. The van der Waals surface area contributed by atoms with Crippen LogP contribution >= 0.6 is 0 Å². The molecule has 0 aliphatic rings. The maximum atomic E-state index is 12.2. The van der Waals surface area contributed by atoms with Crippen molar-refractivity contribution in [2.75, 3.05) is 12.4 Å². The molecule has 0 spiro atoms. The van der Waals surface area contributed by atoms with Crippen molar-refractivity contribution in [3.63, 3.8) is 0 Å². The zero-order chi connectivity index (χ0) is 17.5. The molecule has 2 rings (SSSR count). The second kappa shape index (κ2) is 7.79. The van der Waals surface area contributed by atoms with Crippen molar-refractivity contribution in [3.05, 3.63) is 59.7 Å². The molecule has 6 nitrogen and oxygen atoms in total. The zero-order valence-corrected chi connectivity index (χ0v) is 13.3. The molecule has 1 unspecified atom stereocenters. The van der Waals surface area contributed by atoms with Crippen LogP contribution < -0.4 is 10.1 Å². The fraction of sp³-hybridized carbons (Fsp3) is 0.167. The second-order valence-electron chi connectivity index (χ2n) is 4.96. The van der Waals surface area contributed by atoms with E-state index in [2.05, 4.69) is 10.1 Å². The van der Waals surface area contributed by atoms with Crippen molar-refractivity contribution in [3.8, 4) is 11.8 Å². The first-order valence-corrected chi connectivity index (χ1v) is 7.19. The fourth-order valence-electron chi connectivity index (χ4n) is 1.95. The first-order chi connectivity index (χ1) is 11.5. The van der Waals surface area contributed by atoms with E-state index in [1.807, 2.05) is 6.07 Å². The Morgan fingerprint density at radius 2 is 1.88 bits per heavy atom. The Kier molecular flexibility index (Phi) is 5.53. The number of nitrogens with zero attached hydrogens (tertiary/aromatic N) is 1. The van der Waals surface area contributed by atoms with Crippen molar-refractivity contribution in [1.82, 2.24) is 0 Å². The summed E-state index contributed by atoms with van der Waals surface area (Å²) in [5.74, 6) is -0.345. The highest BCUT2D eigenvalue weighted by Gasteiger charge is 2.15. The molecule has 2 aromatic carbocycles. The number of hydrogen-bond acceptors (Lipinski definition) is 5. The van der Waals surface area contributed by atoms with E-state index in [-0.39, 0.29) is 5.91 Å². The predicted octanol–water partition coefficient (Wildman–Crippen LogP) is 2.75. The molecule has 0 heterocycles. The number of carbonyl (C=O) groups excluding carboxylic acids is 2. The first-order valence-electron chi connectivity index (χ1n) is 7.19. The van der Waals surface area contributed by atoms with Crippen molar-refractivity contribution in [2.45, 2.75) is 13.0 Å². The summed E-state index contributed by atoms with van der Waals surface area (Å²) >= 11 is 0. The molecule has 122 valence electrons. The van der Waals surface area contributed by atoms with Crippen LogP contribution in [-0.2, 0) is 9.53 Å². The number of carbonyl (C=O) groups is 2. The van der Waals surface area contributed by atoms with Gasteiger partial charge in [0.05, 0.1) is 24.3 Å². The molecule has 0 fully saturated rings. The zero-order valence-electron chi connectivity index (χ0n) is 13.3. The smallest absolute Gasteiger partial charge is 0.337 e. The molecule has 24 heavy (non-hydrogen) atoms. The normalized spacial score (nSPS) is 11.0. The highest BCUT2D eigenvalue weighted by Crippen LogP contribution is 2.16. The predicted molar refractivity (Wildman–Crippen MR) is 87.7 cm³/mol. The maximum Gasteiger partial charge on any atom is 0.337 e. The molecule has 1 atom stereocenters. The Morgan fingerprint density at radius 1 is 1.17 bits per heavy atom. The molecule has 0 aliphatic carbocycles. The minimum absolute atomic E-state index is 0.344. The molecule has 1 N–H and O–H groups in total. The van der Waals surface area contributed by atoms with Crippen LogP contribution in [0.15, 0.2) is 48.5 Å². The van der Waals surface area contributed by atoms with Gasteiger partial charge in [-0.3, -0.25) is 4.79 Å². The van der Waals surface area contributed by atoms with Crippen LogP contribution in [0.1, 0.15) is 22.8 Å². The third kappa shape index (κ3) is 4.34. The van der Waals surface area contributed by atoms with Crippen molar-refractivity contribution in [1.29, 1.82) is 5.26 Å². The van der Waals surface area contributed by atoms with Gasteiger partial charge in [0.25, 0.3) is 5.91 Å². The van der Waals surface area contributed by atoms with Gasteiger partial charge < -0.3 is 14.8 Å². The van der Waals surface area contributed by atoms with Crippen LogP contribution in [0.25, 0.3) is 0 Å². The minimum atomic E-state index is -0.751. The molecule has 1 amide bonds. The Bertz CT molecular complexity index is 778. The van der Waals surface area contributed by atoms with Crippen LogP contribution in [0.2, 0.25) is 0 Å². The van der Waals surface area contributed by atoms with Crippen LogP contribution in [0.5, 0.6) is 5.75 Å². The molecule has 0 aromatic heterocycles. The monoisotopic (exact) mass is 324 g/mol. The van der Waals surface area contributed by atoms with Gasteiger partial charge in [0.2, 0.25) is 0 Å². The standard InChI is InChI=1S/C18H16N2O4/c1-12(24-16-5-3-4-13(10-16)11-19)17(21)20-15-8-6-14(7-9-15)18(22)23-2/h3-10,12H,1-2H3,(H,20,21). The largest absolute Gasteiger partial charge is 0.481 e. The number of amides is 1. The molecule has 0 radical (unpaired) electrons. The lowest BCUT2D eigenvalue weighted by atomic mass is 10.2. The average molecular weight is 324 g/mol. The van der Waals surface area contributed by atoms with Gasteiger partial charge in [-0.25, -0.2) is 4.79 Å². The van der Waals surface area contributed by atoms with Gasteiger partial charge in [-0.1, -0.05) is 6.07 Å². The van der Waals surface area contributed by atoms with E-state index in [4.69, 9.17) is 10.00 Å². The highest BCUT2D eigenvalue weighted by molar-refractivity contribution is 5.95. The van der Waals surface area contributed by atoms with E-state index >= 15 is 0 Å². The summed E-state index contributed by atoms with van der Waals surface area (Å²) in [5, 5.41) is 11.6. The highest BCUT2D eigenvalue weighted by atomic mass is 16.5. The summed E-state index contributed by atoms with van der Waals surface area (Å²) in [6.45, 7) is 1.61. The number of ether oxygens (including phenoxy) is 2. The molecule has 0 saturated heterocycles. The van der Waals surface area contributed by atoms with Gasteiger partial charge in [0.1, 0.15) is 5.75 Å². The van der Waals surface area contributed by atoms with E-state index in [9.17, 15) is 9.59 Å². The van der Waals surface area contributed by atoms with Crippen molar-refractivity contribution < 1.29 is 19.1 Å². The third-order valence-corrected chi connectivity index (χ3v) is 3.22. The summed E-state index contributed by atoms with van der Waals surface area (Å²) < 4.78 is 10.1. The third-order valence-electron chi connectivity index (χ3n) is 3.22. The summed E-state index contributed by atoms with van der Waals surface area (Å²) in [6, 6.07) is 14.9. The second-order valence-corrected chi connectivity index (χ2v) is 4.96. The summed E-state index contributed by atoms with van der Waals surface area (Å²) in [5.41, 5.74) is 1.39. The fourth-order valence-corrected chi connectivity index (χ4v) is 1.95. The van der Waals surface area contributed by atoms with Crippen LogP contribution in [-0.4, -0.2) is 25.1 Å². The lowest BCUT2D eigenvalue weighted by Gasteiger charge is -2.15. The number of rotatable bonds is 5. The van der Waals surface area contributed by atoms with Gasteiger partial charge in [-0.05, 0) is 49.4 Å². The molecule has 0 aliphatic heterocycles. The van der Waals surface area contributed by atoms with E-state index in [0.29, 0.717) is 22.6 Å². The SMILES string of the molecule is COC(=O)c1ccc(NC(=O)C(C)Oc2cccc(C#N)c2)cc1. The minimum Gasteiger partial charge on any atom is -0.481 e. The molecular formula is C18H16N2O4. The van der Waals surface area contributed by atoms with Crippen LogP contribution in [0.3, 0.4) is 0 Å². The summed E-state index contributed by atoms with van der Waals surface area (Å²) in [7, 11) is 1.30. The van der Waals surface area contributed by atoms with Crippen molar-refractivity contribution >= 4 is 17.6 Å². The molecular weight excluding hydrogens is 308 g/mol. The molecule has 0 saturated carbocycles. The molecule has 6 heteroatoms. The van der Waals surface area contributed by atoms with Crippen molar-refractivity contribution in [2.24, 2.45) is 0 Å². The number of benzene rings is 2. The lowest BCUT2D eigenvalue weighted by molar-refractivity contribution is -0.122. The Labute approximate surface area is 139 Å². The number of nitriles is 1. The summed E-state index contributed by atoms with van der Waals surface area (Å²) in [6.07, 6.45) is -0.751. The van der Waals surface area contributed by atoms with E-state index < -0.39 is 12.1 Å². The van der Waals surface area contributed by atoms with E-state index in [0.717, 1.165) is 0 Å². The number of esters is 1. The van der Waals surface area contributed by atoms with Gasteiger partial charge in [0, 0.05) is 5.69 Å². The van der Waals surface area contributed by atoms with Gasteiger partial charge in [-0.2, -0.15) is 5.26 Å². The summed E-state index contributed by atoms with van der Waals surface area (Å²) in [4.78, 5) is 23.5. The molecule has 2 aromatic rings. The number of nitrogens with one attached hydrogen (secondary N) is 1. The first kappa shape index (κ1) is 17.0. The number of anilines is 1. The van der Waals surface area contributed by atoms with Crippen LogP contribution in [0, 0.1) is 11.3 Å². The lowest BCUT2D eigenvalue weighted by Crippen LogP contribution is -2.30. The average Bonchev–Trinajstić information content (AvgIpc) is 2.61. The van der Waals surface area contributed by atoms with E-state index in [1.165, 1.54) is 7.11 Å². The maximum absolute atomic E-state index is 12.2. The van der Waals surface area contributed by atoms with Gasteiger partial charge in [-0.15, -0.1) is 0 Å². The topological polar surface area (TPSA) is 88.4 Å². The Morgan fingerprint density at radius 3 is 2.50 bits per heavy atom. The Hall–Kier alpha value is -3.33. The van der Waals surface area contributed by atoms with Crippen LogP contribution in [0.4, 0.5) is 5.69 Å². The Balaban J connectivity index is 1.98. The van der Waals surface area contributed by atoms with Gasteiger partial charge in [0.15, 0.2) is 6.10 Å².